The molecule has 0 aliphatic rings. The highest BCUT2D eigenvalue weighted by atomic mass is 14.1. The summed E-state index contributed by atoms with van der Waals surface area (Å²) in [6, 6.07) is 0. The summed E-state index contributed by atoms with van der Waals surface area (Å²) in [6.45, 7) is 11.9. The lowest BCUT2D eigenvalue weighted by Gasteiger charge is -2.15. The fourth-order valence-corrected chi connectivity index (χ4v) is 3.10. The highest BCUT2D eigenvalue weighted by Gasteiger charge is 2.06. The van der Waals surface area contributed by atoms with Crippen molar-refractivity contribution in [3.8, 4) is 0 Å². The van der Waals surface area contributed by atoms with Crippen LogP contribution in [0.3, 0.4) is 0 Å². The predicted octanol–water partition coefficient (Wildman–Crippen LogP) is 7.62. The number of unbranched alkanes of at least 4 members (excludes halogenated alkanes) is 5. The third-order valence-electron chi connectivity index (χ3n) is 4.66. The highest BCUT2D eigenvalue weighted by molar-refractivity contribution is 4.59. The van der Waals surface area contributed by atoms with Crippen molar-refractivity contribution in [1.29, 1.82) is 0 Å². The van der Waals surface area contributed by atoms with Gasteiger partial charge in [-0.3, -0.25) is 0 Å². The lowest BCUT2D eigenvalue weighted by molar-refractivity contribution is 0.384. The molecule has 0 nitrogen and oxygen atoms in total. The van der Waals surface area contributed by atoms with Gasteiger partial charge in [0.15, 0.2) is 0 Å². The molecule has 0 bridgehead atoms. The van der Waals surface area contributed by atoms with Gasteiger partial charge in [-0.1, -0.05) is 112 Å². The average Bonchev–Trinajstić information content (AvgIpc) is 2.39. The van der Waals surface area contributed by atoms with Crippen LogP contribution in [-0.4, -0.2) is 0 Å². The normalized spacial score (nSPS) is 14.7. The van der Waals surface area contributed by atoms with Gasteiger partial charge in [-0.15, -0.1) is 0 Å². The summed E-state index contributed by atoms with van der Waals surface area (Å²) in [4.78, 5) is 0. The summed E-state index contributed by atoms with van der Waals surface area (Å²) in [5.74, 6) is 2.80. The maximum absolute atomic E-state index is 2.46. The van der Waals surface area contributed by atoms with Gasteiger partial charge in [-0.25, -0.2) is 0 Å². The van der Waals surface area contributed by atoms with Gasteiger partial charge in [0.05, 0.1) is 0 Å². The Labute approximate surface area is 130 Å². The first-order chi connectivity index (χ1) is 9.56. The molecule has 0 rings (SSSR count). The molecule has 0 aliphatic carbocycles. The van der Waals surface area contributed by atoms with Crippen LogP contribution in [0.15, 0.2) is 0 Å². The van der Waals surface area contributed by atoms with E-state index in [-0.39, 0.29) is 0 Å². The summed E-state index contributed by atoms with van der Waals surface area (Å²) in [7, 11) is 0. The fourth-order valence-electron chi connectivity index (χ4n) is 3.10. The average molecular weight is 283 g/mol. The number of hydrogen-bond acceptors (Lipinski definition) is 0. The van der Waals surface area contributed by atoms with Crippen LogP contribution >= 0.6 is 0 Å². The van der Waals surface area contributed by atoms with Crippen LogP contribution in [-0.2, 0) is 0 Å². The SMILES string of the molecule is CCCC(C)CCC(C)CCCCCCCCC(C)C. The van der Waals surface area contributed by atoms with Gasteiger partial charge in [0.2, 0.25) is 0 Å². The second-order valence-corrected chi connectivity index (χ2v) is 7.67. The number of hydrogen-bond donors (Lipinski definition) is 0. The van der Waals surface area contributed by atoms with Crippen LogP contribution in [0.2, 0.25) is 0 Å². The van der Waals surface area contributed by atoms with Gasteiger partial charge in [0.25, 0.3) is 0 Å². The van der Waals surface area contributed by atoms with Gasteiger partial charge >= 0.3 is 0 Å². The molecule has 0 saturated heterocycles. The molecule has 0 amide bonds. The second kappa shape index (κ2) is 14.0. The van der Waals surface area contributed by atoms with Crippen LogP contribution in [0.1, 0.15) is 112 Å². The molecule has 122 valence electrons. The number of rotatable bonds is 14. The molecule has 0 aliphatic heterocycles. The third kappa shape index (κ3) is 14.4. The molecule has 0 saturated carbocycles. The van der Waals surface area contributed by atoms with E-state index >= 15 is 0 Å². The van der Waals surface area contributed by atoms with E-state index in [1.54, 1.807) is 0 Å². The monoisotopic (exact) mass is 282 g/mol. The van der Waals surface area contributed by atoms with E-state index in [0.717, 1.165) is 17.8 Å². The van der Waals surface area contributed by atoms with Crippen molar-refractivity contribution < 1.29 is 0 Å². The minimum atomic E-state index is 0.894. The Morgan fingerprint density at radius 3 is 1.45 bits per heavy atom. The van der Waals surface area contributed by atoms with Crippen molar-refractivity contribution >= 4 is 0 Å². The molecule has 0 radical (unpaired) electrons. The topological polar surface area (TPSA) is 0 Å². The van der Waals surface area contributed by atoms with Gasteiger partial charge < -0.3 is 0 Å². The van der Waals surface area contributed by atoms with E-state index in [4.69, 9.17) is 0 Å². The van der Waals surface area contributed by atoms with E-state index < -0.39 is 0 Å². The maximum Gasteiger partial charge on any atom is -0.0443 e. The molecule has 0 spiro atoms. The predicted molar refractivity (Wildman–Crippen MR) is 94.2 cm³/mol. The molecule has 0 fully saturated rings. The van der Waals surface area contributed by atoms with E-state index in [9.17, 15) is 0 Å². The second-order valence-electron chi connectivity index (χ2n) is 7.67. The molecule has 0 N–H and O–H groups in total. The van der Waals surface area contributed by atoms with Gasteiger partial charge in [-0.05, 0) is 17.8 Å². The van der Waals surface area contributed by atoms with E-state index in [0.29, 0.717) is 0 Å². The van der Waals surface area contributed by atoms with Gasteiger partial charge in [0, 0.05) is 0 Å². The first-order valence-corrected chi connectivity index (χ1v) is 9.56. The molecule has 0 heterocycles. The summed E-state index contributed by atoms with van der Waals surface area (Å²) in [6.07, 6.45) is 17.3. The van der Waals surface area contributed by atoms with E-state index in [2.05, 4.69) is 34.6 Å². The smallest absolute Gasteiger partial charge is 0.0443 e. The van der Waals surface area contributed by atoms with Crippen LogP contribution in [0, 0.1) is 17.8 Å². The van der Waals surface area contributed by atoms with E-state index in [1.165, 1.54) is 77.0 Å². The Hall–Kier alpha value is 0. The highest BCUT2D eigenvalue weighted by Crippen LogP contribution is 2.21. The Morgan fingerprint density at radius 1 is 0.500 bits per heavy atom. The zero-order valence-electron chi connectivity index (χ0n) is 15.2. The quantitative estimate of drug-likeness (QED) is 0.287. The van der Waals surface area contributed by atoms with Crippen molar-refractivity contribution in [3.63, 3.8) is 0 Å². The molecular weight excluding hydrogens is 240 g/mol. The fraction of sp³-hybridized carbons (Fsp3) is 1.00. The van der Waals surface area contributed by atoms with Crippen LogP contribution in [0.25, 0.3) is 0 Å². The largest absolute Gasteiger partial charge is 0.0654 e. The van der Waals surface area contributed by atoms with E-state index in [1.807, 2.05) is 0 Å². The minimum Gasteiger partial charge on any atom is -0.0654 e. The summed E-state index contributed by atoms with van der Waals surface area (Å²) in [5.41, 5.74) is 0. The molecule has 0 heteroatoms. The molecule has 2 unspecified atom stereocenters. The Kier molecular flexibility index (Phi) is 14.0. The molecule has 0 aromatic heterocycles. The minimum absolute atomic E-state index is 0.894. The summed E-state index contributed by atoms with van der Waals surface area (Å²) >= 11 is 0. The first kappa shape index (κ1) is 20.0. The molecule has 0 aromatic carbocycles. The van der Waals surface area contributed by atoms with Crippen LogP contribution in [0.4, 0.5) is 0 Å². The zero-order chi connectivity index (χ0) is 15.2. The Balaban J connectivity index is 3.25. The van der Waals surface area contributed by atoms with Crippen molar-refractivity contribution in [1.82, 2.24) is 0 Å². The van der Waals surface area contributed by atoms with Crippen LogP contribution in [0.5, 0.6) is 0 Å². The van der Waals surface area contributed by atoms with Crippen molar-refractivity contribution in [2.75, 3.05) is 0 Å². The van der Waals surface area contributed by atoms with Gasteiger partial charge in [-0.2, -0.15) is 0 Å². The van der Waals surface area contributed by atoms with Crippen molar-refractivity contribution in [2.24, 2.45) is 17.8 Å². The van der Waals surface area contributed by atoms with Crippen molar-refractivity contribution in [2.45, 2.75) is 112 Å². The van der Waals surface area contributed by atoms with Crippen LogP contribution < -0.4 is 0 Å². The Morgan fingerprint density at radius 2 is 0.950 bits per heavy atom. The molecular formula is C20H42. The Bertz CT molecular complexity index is 182. The summed E-state index contributed by atoms with van der Waals surface area (Å²) in [5, 5.41) is 0. The molecule has 2 atom stereocenters. The lowest BCUT2D eigenvalue weighted by atomic mass is 9.92. The molecule has 0 aromatic rings. The summed E-state index contributed by atoms with van der Waals surface area (Å²) < 4.78 is 0. The maximum atomic E-state index is 2.46. The van der Waals surface area contributed by atoms with Gasteiger partial charge in [0.1, 0.15) is 0 Å². The molecule has 20 heavy (non-hydrogen) atoms. The van der Waals surface area contributed by atoms with Crippen molar-refractivity contribution in [3.05, 3.63) is 0 Å². The first-order valence-electron chi connectivity index (χ1n) is 9.56. The zero-order valence-corrected chi connectivity index (χ0v) is 15.2. The third-order valence-corrected chi connectivity index (χ3v) is 4.66. The lowest BCUT2D eigenvalue weighted by Crippen LogP contribution is -2.00. The standard InChI is InChI=1S/C20H42/c1-6-13-19(4)16-17-20(5)15-12-10-8-7-9-11-14-18(2)3/h18-20H,6-17H2,1-5H3.